The third-order valence-electron chi connectivity index (χ3n) is 8.36. The number of hydrogen-bond acceptors (Lipinski definition) is 1. The average Bonchev–Trinajstić information content (AvgIpc) is 3.37. The normalized spacial score (nSPS) is 34.6. The number of aliphatic imine (C=N–C) groups is 1. The SMILES string of the molecule is C(=Nc1ccc(C23CC4CC(CC(C4)C2)C3)cc1)c1ccn(C2CCCC2)c1. The van der Waals surface area contributed by atoms with Crippen molar-refractivity contribution in [1.82, 2.24) is 4.57 Å². The molecule has 0 saturated heterocycles. The van der Waals surface area contributed by atoms with E-state index in [1.807, 2.05) is 6.21 Å². The lowest BCUT2D eigenvalue weighted by atomic mass is 9.48. The Kier molecular flexibility index (Phi) is 4.03. The molecule has 1 aromatic heterocycles. The highest BCUT2D eigenvalue weighted by molar-refractivity contribution is 5.81. The number of benzene rings is 1. The second-order valence-electron chi connectivity index (χ2n) is 10.3. The fraction of sp³-hybridized carbons (Fsp3) is 0.577. The van der Waals surface area contributed by atoms with Crippen LogP contribution in [0.2, 0.25) is 0 Å². The first kappa shape index (κ1) is 17.1. The number of nitrogens with zero attached hydrogens (tertiary/aromatic N) is 2. The number of rotatable bonds is 4. The Balaban J connectivity index is 1.17. The van der Waals surface area contributed by atoms with Gasteiger partial charge in [-0.3, -0.25) is 4.99 Å². The molecule has 2 aromatic rings. The third kappa shape index (κ3) is 2.96. The second-order valence-corrected chi connectivity index (χ2v) is 10.3. The van der Waals surface area contributed by atoms with E-state index in [1.165, 1.54) is 69.8 Å². The van der Waals surface area contributed by atoms with E-state index >= 15 is 0 Å². The molecule has 0 atom stereocenters. The van der Waals surface area contributed by atoms with E-state index in [0.29, 0.717) is 11.5 Å². The van der Waals surface area contributed by atoms with Crippen molar-refractivity contribution in [3.63, 3.8) is 0 Å². The molecule has 0 unspecified atom stereocenters. The molecule has 1 aromatic carbocycles. The standard InChI is InChI=1S/C26H32N2/c1-2-4-25(3-1)28-10-9-19(18-28)17-27-24-7-5-23(6-8-24)26-14-20-11-21(15-26)13-22(12-20)16-26/h5-10,17-18,20-22,25H,1-4,11-16H2. The monoisotopic (exact) mass is 372 g/mol. The highest BCUT2D eigenvalue weighted by atomic mass is 15.0. The van der Waals surface area contributed by atoms with E-state index in [1.54, 1.807) is 5.56 Å². The van der Waals surface area contributed by atoms with Gasteiger partial charge in [0.2, 0.25) is 0 Å². The lowest BCUT2D eigenvalue weighted by Crippen LogP contribution is -2.48. The summed E-state index contributed by atoms with van der Waals surface area (Å²) in [6.45, 7) is 0. The fourth-order valence-corrected chi connectivity index (χ4v) is 7.45. The van der Waals surface area contributed by atoms with Gasteiger partial charge in [-0.05, 0) is 98.3 Å². The molecule has 4 bridgehead atoms. The van der Waals surface area contributed by atoms with Crippen LogP contribution in [0.25, 0.3) is 0 Å². The molecule has 1 heterocycles. The second kappa shape index (κ2) is 6.61. The molecule has 0 radical (unpaired) electrons. The van der Waals surface area contributed by atoms with Crippen LogP contribution in [0, 0.1) is 17.8 Å². The Bertz CT molecular complexity index is 831. The molecule has 5 fully saturated rings. The van der Waals surface area contributed by atoms with Crippen molar-refractivity contribution in [3.8, 4) is 0 Å². The van der Waals surface area contributed by atoms with Gasteiger partial charge in [-0.1, -0.05) is 25.0 Å². The summed E-state index contributed by atoms with van der Waals surface area (Å²) in [6.07, 6.45) is 20.8. The maximum atomic E-state index is 4.77. The molecule has 2 heteroatoms. The lowest BCUT2D eigenvalue weighted by Gasteiger charge is -2.57. The van der Waals surface area contributed by atoms with E-state index in [0.717, 1.165) is 23.4 Å². The van der Waals surface area contributed by atoms with Crippen LogP contribution in [-0.2, 0) is 5.41 Å². The zero-order valence-electron chi connectivity index (χ0n) is 16.9. The summed E-state index contributed by atoms with van der Waals surface area (Å²) in [5, 5.41) is 0. The van der Waals surface area contributed by atoms with Gasteiger partial charge in [0.1, 0.15) is 0 Å². The highest BCUT2D eigenvalue weighted by Gasteiger charge is 2.51. The van der Waals surface area contributed by atoms with Gasteiger partial charge in [0.25, 0.3) is 0 Å². The minimum absolute atomic E-state index is 0.496. The van der Waals surface area contributed by atoms with Gasteiger partial charge in [-0.2, -0.15) is 0 Å². The van der Waals surface area contributed by atoms with Crippen molar-refractivity contribution in [2.24, 2.45) is 22.7 Å². The first-order chi connectivity index (χ1) is 13.8. The predicted octanol–water partition coefficient (Wildman–Crippen LogP) is 6.82. The Morgan fingerprint density at radius 2 is 1.50 bits per heavy atom. The molecular formula is C26H32N2. The summed E-state index contributed by atoms with van der Waals surface area (Å²) in [7, 11) is 0. The zero-order chi connectivity index (χ0) is 18.6. The van der Waals surface area contributed by atoms with Gasteiger partial charge in [0, 0.05) is 30.2 Å². The summed E-state index contributed by atoms with van der Waals surface area (Å²) >= 11 is 0. The van der Waals surface area contributed by atoms with Crippen LogP contribution < -0.4 is 0 Å². The van der Waals surface area contributed by atoms with E-state index in [9.17, 15) is 0 Å². The van der Waals surface area contributed by atoms with Gasteiger partial charge in [0.05, 0.1) is 5.69 Å². The van der Waals surface area contributed by atoms with E-state index in [2.05, 4.69) is 47.3 Å². The van der Waals surface area contributed by atoms with Gasteiger partial charge < -0.3 is 4.57 Å². The van der Waals surface area contributed by atoms with Crippen LogP contribution in [0.1, 0.15) is 81.4 Å². The smallest absolute Gasteiger partial charge is 0.0630 e. The van der Waals surface area contributed by atoms with Crippen molar-refractivity contribution in [2.45, 2.75) is 75.7 Å². The average molecular weight is 373 g/mol. The van der Waals surface area contributed by atoms with Crippen molar-refractivity contribution >= 4 is 11.9 Å². The first-order valence-corrected chi connectivity index (χ1v) is 11.6. The van der Waals surface area contributed by atoms with Gasteiger partial charge >= 0.3 is 0 Å². The zero-order valence-corrected chi connectivity index (χ0v) is 16.9. The highest BCUT2D eigenvalue weighted by Crippen LogP contribution is 2.60. The maximum absolute atomic E-state index is 4.77. The van der Waals surface area contributed by atoms with Crippen molar-refractivity contribution in [3.05, 3.63) is 53.9 Å². The van der Waals surface area contributed by atoms with Crippen LogP contribution in [0.5, 0.6) is 0 Å². The lowest BCUT2D eigenvalue weighted by molar-refractivity contribution is -0.00518. The number of hydrogen-bond donors (Lipinski definition) is 0. The van der Waals surface area contributed by atoms with Crippen LogP contribution in [0.3, 0.4) is 0 Å². The van der Waals surface area contributed by atoms with E-state index < -0.39 is 0 Å². The summed E-state index contributed by atoms with van der Waals surface area (Å²) in [6, 6.07) is 12.2. The van der Waals surface area contributed by atoms with Crippen LogP contribution in [0.15, 0.2) is 47.7 Å². The van der Waals surface area contributed by atoms with E-state index in [4.69, 9.17) is 4.99 Å². The molecule has 0 aliphatic heterocycles. The van der Waals surface area contributed by atoms with Gasteiger partial charge in [-0.15, -0.1) is 0 Å². The van der Waals surface area contributed by atoms with Crippen LogP contribution in [-0.4, -0.2) is 10.8 Å². The Morgan fingerprint density at radius 1 is 0.857 bits per heavy atom. The van der Waals surface area contributed by atoms with Crippen molar-refractivity contribution in [2.75, 3.05) is 0 Å². The topological polar surface area (TPSA) is 17.3 Å². The molecule has 5 aliphatic carbocycles. The Labute approximate surface area is 169 Å². The first-order valence-electron chi connectivity index (χ1n) is 11.6. The van der Waals surface area contributed by atoms with Gasteiger partial charge in [0.15, 0.2) is 0 Å². The molecule has 5 saturated carbocycles. The maximum Gasteiger partial charge on any atom is 0.0630 e. The van der Waals surface area contributed by atoms with Crippen LogP contribution >= 0.6 is 0 Å². The molecule has 146 valence electrons. The summed E-state index contributed by atoms with van der Waals surface area (Å²) in [5.41, 5.74) is 4.40. The molecule has 2 nitrogen and oxygen atoms in total. The third-order valence-corrected chi connectivity index (χ3v) is 8.36. The molecule has 0 spiro atoms. The summed E-state index contributed by atoms with van der Waals surface area (Å²) in [5.74, 6) is 3.02. The minimum atomic E-state index is 0.496. The molecule has 7 rings (SSSR count). The van der Waals surface area contributed by atoms with E-state index in [-0.39, 0.29) is 0 Å². The molecular weight excluding hydrogens is 340 g/mol. The predicted molar refractivity (Wildman–Crippen MR) is 115 cm³/mol. The summed E-state index contributed by atoms with van der Waals surface area (Å²) in [4.78, 5) is 4.77. The quantitative estimate of drug-likeness (QED) is 0.524. The van der Waals surface area contributed by atoms with Crippen LogP contribution in [0.4, 0.5) is 5.69 Å². The fourth-order valence-electron chi connectivity index (χ4n) is 7.45. The minimum Gasteiger partial charge on any atom is -0.351 e. The number of aromatic nitrogens is 1. The molecule has 5 aliphatic rings. The summed E-state index contributed by atoms with van der Waals surface area (Å²) < 4.78 is 2.39. The Hall–Kier alpha value is -1.83. The van der Waals surface area contributed by atoms with Crippen molar-refractivity contribution in [1.29, 1.82) is 0 Å². The van der Waals surface area contributed by atoms with Crippen molar-refractivity contribution < 1.29 is 0 Å². The Morgan fingerprint density at radius 3 is 2.14 bits per heavy atom. The molecule has 0 N–H and O–H groups in total. The van der Waals surface area contributed by atoms with Gasteiger partial charge in [-0.25, -0.2) is 0 Å². The largest absolute Gasteiger partial charge is 0.351 e. The molecule has 0 amide bonds. The molecule has 28 heavy (non-hydrogen) atoms.